The maximum atomic E-state index is 5.79. The molecule has 0 unspecified atom stereocenters. The van der Waals surface area contributed by atoms with E-state index in [1.54, 1.807) is 0 Å². The van der Waals surface area contributed by atoms with Gasteiger partial charge in [-0.05, 0) is 49.9 Å². The van der Waals surface area contributed by atoms with Crippen LogP contribution in [0, 0.1) is 0 Å². The van der Waals surface area contributed by atoms with Crippen LogP contribution >= 0.6 is 31.9 Å². The summed E-state index contributed by atoms with van der Waals surface area (Å²) >= 11 is 6.87. The maximum absolute atomic E-state index is 5.79. The third kappa shape index (κ3) is 7.71. The van der Waals surface area contributed by atoms with Crippen molar-refractivity contribution in [2.24, 2.45) is 0 Å². The molecule has 0 aliphatic heterocycles. The normalized spacial score (nSPS) is 11.0. The van der Waals surface area contributed by atoms with Gasteiger partial charge in [-0.15, -0.1) is 10.2 Å². The lowest BCUT2D eigenvalue weighted by molar-refractivity contribution is 0.292. The first kappa shape index (κ1) is 22.7. The molecule has 1 aromatic carbocycles. The van der Waals surface area contributed by atoms with Gasteiger partial charge in [-0.25, -0.2) is 0 Å². The molecule has 0 saturated heterocycles. The summed E-state index contributed by atoms with van der Waals surface area (Å²) in [4.78, 5) is 0. The zero-order chi connectivity index (χ0) is 21.0. The molecule has 0 saturated carbocycles. The molecule has 0 fully saturated rings. The first-order chi connectivity index (χ1) is 14.8. The van der Waals surface area contributed by atoms with E-state index in [4.69, 9.17) is 9.47 Å². The summed E-state index contributed by atoms with van der Waals surface area (Å²) in [5.41, 5.74) is 1.63. The lowest BCUT2D eigenvalue weighted by atomic mass is 10.3. The van der Waals surface area contributed by atoms with Gasteiger partial charge < -0.3 is 9.47 Å². The number of alkyl halides is 2. The minimum absolute atomic E-state index is 0.386. The molecule has 10 heteroatoms. The Hall–Kier alpha value is -1.94. The van der Waals surface area contributed by atoms with Crippen LogP contribution in [0.2, 0.25) is 0 Å². The van der Waals surface area contributed by atoms with E-state index in [-0.39, 0.29) is 0 Å². The topological polar surface area (TPSA) is 79.9 Å². The van der Waals surface area contributed by atoms with Crippen LogP contribution < -0.4 is 9.47 Å². The van der Waals surface area contributed by atoms with E-state index >= 15 is 0 Å². The average molecular weight is 542 g/mol. The third-order valence-corrected chi connectivity index (χ3v) is 5.43. The smallest absolute Gasteiger partial charge is 0.134 e. The Morgan fingerprint density at radius 2 is 1.10 bits per heavy atom. The Morgan fingerprint density at radius 1 is 0.667 bits per heavy atom. The van der Waals surface area contributed by atoms with Crippen LogP contribution in [0.3, 0.4) is 0 Å². The number of ether oxygens (including phenoxy) is 2. The quantitative estimate of drug-likeness (QED) is 0.222. The van der Waals surface area contributed by atoms with Crippen LogP contribution in [-0.4, -0.2) is 40.6 Å². The van der Waals surface area contributed by atoms with Gasteiger partial charge in [0.2, 0.25) is 0 Å². The number of hydrogen-bond donors (Lipinski definition) is 0. The maximum Gasteiger partial charge on any atom is 0.134 e. The van der Waals surface area contributed by atoms with Gasteiger partial charge in [0.15, 0.2) is 0 Å². The van der Waals surface area contributed by atoms with Crippen LogP contribution in [0.5, 0.6) is 11.5 Å². The summed E-state index contributed by atoms with van der Waals surface area (Å²) in [5, 5.41) is 18.6. The molecule has 0 N–H and O–H groups in total. The SMILES string of the molecule is BrCCCCn1cc(COc2ccc(OCc3cn(CCCCBr)nn3)cc2)nn1. The summed E-state index contributed by atoms with van der Waals surface area (Å²) in [6.07, 6.45) is 8.25. The number of unbranched alkanes of at least 4 members (excludes halogenated alkanes) is 2. The Kier molecular flexibility index (Phi) is 9.62. The highest BCUT2D eigenvalue weighted by molar-refractivity contribution is 9.09. The molecule has 0 aliphatic rings. The van der Waals surface area contributed by atoms with Crippen LogP contribution in [0.15, 0.2) is 36.7 Å². The Labute approximate surface area is 193 Å². The molecule has 162 valence electrons. The Bertz CT molecular complexity index is 797. The zero-order valence-electron chi connectivity index (χ0n) is 16.8. The minimum atomic E-state index is 0.386. The second-order valence-corrected chi connectivity index (χ2v) is 8.37. The van der Waals surface area contributed by atoms with E-state index in [1.807, 2.05) is 46.0 Å². The lowest BCUT2D eigenvalue weighted by Gasteiger charge is -2.07. The van der Waals surface area contributed by atoms with Gasteiger partial charge in [-0.2, -0.15) is 0 Å². The highest BCUT2D eigenvalue weighted by Crippen LogP contribution is 2.19. The van der Waals surface area contributed by atoms with Gasteiger partial charge in [0.25, 0.3) is 0 Å². The van der Waals surface area contributed by atoms with E-state index in [9.17, 15) is 0 Å². The number of hydrogen-bond acceptors (Lipinski definition) is 6. The van der Waals surface area contributed by atoms with E-state index < -0.39 is 0 Å². The van der Waals surface area contributed by atoms with Gasteiger partial charge in [0.05, 0.1) is 12.4 Å². The van der Waals surface area contributed by atoms with Gasteiger partial charge in [-0.1, -0.05) is 42.3 Å². The molecule has 8 nitrogen and oxygen atoms in total. The summed E-state index contributed by atoms with van der Waals surface area (Å²) in [6, 6.07) is 7.53. The predicted molar refractivity (Wildman–Crippen MR) is 121 cm³/mol. The molecule has 30 heavy (non-hydrogen) atoms. The molecule has 0 radical (unpaired) electrons. The van der Waals surface area contributed by atoms with E-state index in [1.165, 1.54) is 0 Å². The van der Waals surface area contributed by atoms with Crippen molar-refractivity contribution in [2.45, 2.75) is 52.0 Å². The minimum Gasteiger partial charge on any atom is -0.487 e. The fraction of sp³-hybridized carbons (Fsp3) is 0.500. The van der Waals surface area contributed by atoms with Crippen molar-refractivity contribution >= 4 is 31.9 Å². The van der Waals surface area contributed by atoms with Crippen LogP contribution in [0.25, 0.3) is 0 Å². The molecular formula is C20H26Br2N6O2. The number of halogens is 2. The molecule has 3 aromatic rings. The molecule has 0 amide bonds. The second-order valence-electron chi connectivity index (χ2n) is 6.79. The Balaban J connectivity index is 1.39. The fourth-order valence-electron chi connectivity index (χ4n) is 2.71. The predicted octanol–water partition coefficient (Wildman–Crippen LogP) is 4.38. The summed E-state index contributed by atoms with van der Waals surface area (Å²) in [6.45, 7) is 2.51. The zero-order valence-corrected chi connectivity index (χ0v) is 20.0. The lowest BCUT2D eigenvalue weighted by Crippen LogP contribution is -1.99. The number of aromatic nitrogens is 6. The third-order valence-electron chi connectivity index (χ3n) is 4.31. The van der Waals surface area contributed by atoms with E-state index in [0.29, 0.717) is 13.2 Å². The van der Waals surface area contributed by atoms with E-state index in [0.717, 1.165) is 72.3 Å². The summed E-state index contributed by atoms with van der Waals surface area (Å²) in [7, 11) is 0. The molecular weight excluding hydrogens is 516 g/mol. The summed E-state index contributed by atoms with van der Waals surface area (Å²) < 4.78 is 15.3. The van der Waals surface area contributed by atoms with Crippen molar-refractivity contribution in [1.82, 2.24) is 30.0 Å². The van der Waals surface area contributed by atoms with E-state index in [2.05, 4.69) is 52.5 Å². The monoisotopic (exact) mass is 540 g/mol. The number of benzene rings is 1. The summed E-state index contributed by atoms with van der Waals surface area (Å²) in [5.74, 6) is 1.52. The molecule has 2 heterocycles. The largest absolute Gasteiger partial charge is 0.487 e. The highest BCUT2D eigenvalue weighted by Gasteiger charge is 2.05. The van der Waals surface area contributed by atoms with Gasteiger partial charge in [-0.3, -0.25) is 9.36 Å². The fourth-order valence-corrected chi connectivity index (χ4v) is 3.50. The van der Waals surface area contributed by atoms with Gasteiger partial charge >= 0.3 is 0 Å². The molecule has 0 aliphatic carbocycles. The Morgan fingerprint density at radius 3 is 1.50 bits per heavy atom. The molecule has 3 rings (SSSR count). The molecule has 0 spiro atoms. The van der Waals surface area contributed by atoms with Crippen molar-refractivity contribution in [3.8, 4) is 11.5 Å². The molecule has 2 aromatic heterocycles. The van der Waals surface area contributed by atoms with Crippen molar-refractivity contribution in [3.05, 3.63) is 48.0 Å². The van der Waals surface area contributed by atoms with Crippen molar-refractivity contribution in [2.75, 3.05) is 10.7 Å². The van der Waals surface area contributed by atoms with Gasteiger partial charge in [0.1, 0.15) is 36.1 Å². The van der Waals surface area contributed by atoms with Crippen LogP contribution in [0.1, 0.15) is 37.1 Å². The van der Waals surface area contributed by atoms with Crippen LogP contribution in [-0.2, 0) is 26.3 Å². The van der Waals surface area contributed by atoms with Crippen molar-refractivity contribution < 1.29 is 9.47 Å². The number of nitrogens with zero attached hydrogens (tertiary/aromatic N) is 6. The second kappa shape index (κ2) is 12.7. The standard InChI is InChI=1S/C20H26Br2N6O2/c21-9-1-3-11-27-13-17(23-25-27)15-29-19-5-7-20(8-6-19)30-16-18-14-28(26-24-18)12-4-2-10-22/h5-8,13-14H,1-4,9-12,15-16H2. The number of rotatable bonds is 14. The average Bonchev–Trinajstić information content (AvgIpc) is 3.41. The molecule has 0 atom stereocenters. The van der Waals surface area contributed by atoms with Crippen molar-refractivity contribution in [1.29, 1.82) is 0 Å². The van der Waals surface area contributed by atoms with Gasteiger partial charge in [0, 0.05) is 23.7 Å². The molecule has 0 bridgehead atoms. The van der Waals surface area contributed by atoms with Crippen molar-refractivity contribution in [3.63, 3.8) is 0 Å². The highest BCUT2D eigenvalue weighted by atomic mass is 79.9. The number of aryl methyl sites for hydroxylation is 2. The first-order valence-electron chi connectivity index (χ1n) is 10.0. The van der Waals surface area contributed by atoms with Crippen LogP contribution in [0.4, 0.5) is 0 Å². The first-order valence-corrected chi connectivity index (χ1v) is 12.3.